The monoisotopic (exact) mass is 312 g/mol. The summed E-state index contributed by atoms with van der Waals surface area (Å²) in [7, 11) is -3.09. The lowest BCUT2D eigenvalue weighted by atomic mass is 10.1. The van der Waals surface area contributed by atoms with E-state index >= 15 is 0 Å². The minimum Gasteiger partial charge on any atom is -0.396 e. The van der Waals surface area contributed by atoms with Gasteiger partial charge < -0.3 is 5.11 Å². The van der Waals surface area contributed by atoms with Crippen LogP contribution in [0.2, 0.25) is 0 Å². The Balaban J connectivity index is 2.04. The summed E-state index contributed by atoms with van der Waals surface area (Å²) in [6.45, 7) is 0.301. The predicted octanol–water partition coefficient (Wildman–Crippen LogP) is 3.96. The van der Waals surface area contributed by atoms with Crippen LogP contribution in [0.25, 0.3) is 0 Å². The van der Waals surface area contributed by atoms with Crippen molar-refractivity contribution in [2.45, 2.75) is 62.7 Å². The smallest absolute Gasteiger partial charge is 0.178 e. The van der Waals surface area contributed by atoms with E-state index in [0.29, 0.717) is 11.5 Å². The van der Waals surface area contributed by atoms with Crippen LogP contribution < -0.4 is 0 Å². The molecule has 0 amide bonds. The molecule has 0 radical (unpaired) electrons. The van der Waals surface area contributed by atoms with Crippen molar-refractivity contribution in [3.8, 4) is 0 Å². The molecular formula is C17H28O3S. The highest BCUT2D eigenvalue weighted by atomic mass is 32.2. The summed E-state index contributed by atoms with van der Waals surface area (Å²) in [6.07, 6.45) is 9.71. The summed E-state index contributed by atoms with van der Waals surface area (Å²) in [5, 5.41) is 8.67. The summed E-state index contributed by atoms with van der Waals surface area (Å²) in [5.41, 5.74) is 0. The Hall–Kier alpha value is -0.870. The number of unbranched alkanes of at least 4 members (excludes halogenated alkanes) is 8. The summed E-state index contributed by atoms with van der Waals surface area (Å²) >= 11 is 0. The van der Waals surface area contributed by atoms with Crippen LogP contribution in [-0.4, -0.2) is 25.9 Å². The van der Waals surface area contributed by atoms with Crippen LogP contribution in [0, 0.1) is 0 Å². The second-order valence-electron chi connectivity index (χ2n) is 5.54. The second kappa shape index (κ2) is 10.8. The molecule has 0 aromatic heterocycles. The quantitative estimate of drug-likeness (QED) is 0.594. The zero-order valence-corrected chi connectivity index (χ0v) is 13.7. The molecule has 1 rings (SSSR count). The van der Waals surface area contributed by atoms with Gasteiger partial charge in [-0.3, -0.25) is 0 Å². The van der Waals surface area contributed by atoms with Crippen molar-refractivity contribution < 1.29 is 13.5 Å². The van der Waals surface area contributed by atoms with Crippen LogP contribution in [0.1, 0.15) is 57.8 Å². The van der Waals surface area contributed by atoms with Crippen molar-refractivity contribution in [3.63, 3.8) is 0 Å². The van der Waals surface area contributed by atoms with Crippen molar-refractivity contribution in [3.05, 3.63) is 30.3 Å². The van der Waals surface area contributed by atoms with Crippen molar-refractivity contribution in [2.24, 2.45) is 0 Å². The molecular weight excluding hydrogens is 284 g/mol. The molecule has 1 N–H and O–H groups in total. The van der Waals surface area contributed by atoms with E-state index in [4.69, 9.17) is 5.11 Å². The standard InChI is InChI=1S/C17H28O3S/c18-15-11-6-4-2-1-3-5-7-12-16-21(19,20)17-13-9-8-10-14-17/h8-10,13-14,18H,1-7,11-12,15-16H2. The van der Waals surface area contributed by atoms with Crippen LogP contribution >= 0.6 is 0 Å². The van der Waals surface area contributed by atoms with Gasteiger partial charge in [-0.25, -0.2) is 8.42 Å². The van der Waals surface area contributed by atoms with E-state index in [9.17, 15) is 8.42 Å². The lowest BCUT2D eigenvalue weighted by Crippen LogP contribution is -2.06. The highest BCUT2D eigenvalue weighted by Gasteiger charge is 2.12. The molecule has 0 saturated carbocycles. The highest BCUT2D eigenvalue weighted by molar-refractivity contribution is 7.91. The number of hydrogen-bond donors (Lipinski definition) is 1. The maximum absolute atomic E-state index is 12.0. The molecule has 0 unspecified atom stereocenters. The van der Waals surface area contributed by atoms with E-state index in [1.54, 1.807) is 24.3 Å². The van der Waals surface area contributed by atoms with Crippen LogP contribution in [0.5, 0.6) is 0 Å². The van der Waals surface area contributed by atoms with Crippen molar-refractivity contribution in [2.75, 3.05) is 12.4 Å². The third-order valence-corrected chi connectivity index (χ3v) is 5.49. The molecule has 0 heterocycles. The third kappa shape index (κ3) is 8.22. The van der Waals surface area contributed by atoms with Gasteiger partial charge in [0.15, 0.2) is 9.84 Å². The van der Waals surface area contributed by atoms with Gasteiger partial charge in [-0.1, -0.05) is 63.1 Å². The van der Waals surface area contributed by atoms with E-state index in [2.05, 4.69) is 0 Å². The molecule has 3 nitrogen and oxygen atoms in total. The highest BCUT2D eigenvalue weighted by Crippen LogP contribution is 2.14. The summed E-state index contributed by atoms with van der Waals surface area (Å²) < 4.78 is 24.1. The predicted molar refractivity (Wildman–Crippen MR) is 87.1 cm³/mol. The fraction of sp³-hybridized carbons (Fsp3) is 0.647. The first-order valence-electron chi connectivity index (χ1n) is 8.05. The van der Waals surface area contributed by atoms with Gasteiger partial charge in [0.05, 0.1) is 10.6 Å². The molecule has 0 aliphatic rings. The molecule has 4 heteroatoms. The molecule has 0 saturated heterocycles. The largest absolute Gasteiger partial charge is 0.396 e. The number of aliphatic hydroxyl groups is 1. The minimum atomic E-state index is -3.09. The lowest BCUT2D eigenvalue weighted by Gasteiger charge is -2.04. The van der Waals surface area contributed by atoms with Crippen molar-refractivity contribution in [1.29, 1.82) is 0 Å². The molecule has 0 fully saturated rings. The van der Waals surface area contributed by atoms with Crippen molar-refractivity contribution in [1.82, 2.24) is 0 Å². The average Bonchev–Trinajstić information content (AvgIpc) is 2.50. The molecule has 1 aromatic carbocycles. The molecule has 0 aliphatic carbocycles. The Kier molecular flexibility index (Phi) is 9.35. The molecule has 21 heavy (non-hydrogen) atoms. The topological polar surface area (TPSA) is 54.4 Å². The fourth-order valence-electron chi connectivity index (χ4n) is 2.39. The Morgan fingerprint density at radius 2 is 1.19 bits per heavy atom. The van der Waals surface area contributed by atoms with Gasteiger partial charge in [-0.05, 0) is 25.0 Å². The molecule has 1 aromatic rings. The van der Waals surface area contributed by atoms with Gasteiger partial charge in [0, 0.05) is 6.61 Å². The second-order valence-corrected chi connectivity index (χ2v) is 7.65. The van der Waals surface area contributed by atoms with Crippen LogP contribution in [0.15, 0.2) is 35.2 Å². The SMILES string of the molecule is O=S(=O)(CCCCCCCCCCCO)c1ccccc1. The Bertz CT molecular complexity index is 454. The van der Waals surface area contributed by atoms with Crippen LogP contribution in [-0.2, 0) is 9.84 Å². The first-order valence-corrected chi connectivity index (χ1v) is 9.71. The third-order valence-electron chi connectivity index (χ3n) is 3.67. The van der Waals surface area contributed by atoms with Gasteiger partial charge in [0.2, 0.25) is 0 Å². The average molecular weight is 312 g/mol. The van der Waals surface area contributed by atoms with Gasteiger partial charge in [0.25, 0.3) is 0 Å². The Labute approximate surface area is 129 Å². The normalized spacial score (nSPS) is 11.7. The minimum absolute atomic E-state index is 0.257. The number of sulfone groups is 1. The van der Waals surface area contributed by atoms with Crippen LogP contribution in [0.3, 0.4) is 0 Å². The first-order chi connectivity index (χ1) is 10.2. The van der Waals surface area contributed by atoms with E-state index in [1.807, 2.05) is 6.07 Å². The van der Waals surface area contributed by atoms with Gasteiger partial charge in [0.1, 0.15) is 0 Å². The zero-order valence-electron chi connectivity index (χ0n) is 12.8. The number of rotatable bonds is 12. The van der Waals surface area contributed by atoms with Gasteiger partial charge in [-0.2, -0.15) is 0 Å². The van der Waals surface area contributed by atoms with Gasteiger partial charge in [-0.15, -0.1) is 0 Å². The van der Waals surface area contributed by atoms with E-state index in [-0.39, 0.29) is 5.75 Å². The molecule has 0 bridgehead atoms. The molecule has 0 spiro atoms. The maximum Gasteiger partial charge on any atom is 0.178 e. The lowest BCUT2D eigenvalue weighted by molar-refractivity contribution is 0.282. The van der Waals surface area contributed by atoms with E-state index in [1.165, 1.54) is 25.7 Å². The molecule has 0 atom stereocenters. The van der Waals surface area contributed by atoms with E-state index < -0.39 is 9.84 Å². The van der Waals surface area contributed by atoms with Crippen molar-refractivity contribution >= 4 is 9.84 Å². The van der Waals surface area contributed by atoms with E-state index in [0.717, 1.165) is 32.1 Å². The Morgan fingerprint density at radius 3 is 1.71 bits per heavy atom. The summed E-state index contributed by atoms with van der Waals surface area (Å²) in [6, 6.07) is 8.70. The summed E-state index contributed by atoms with van der Waals surface area (Å²) in [4.78, 5) is 0.439. The number of benzene rings is 1. The Morgan fingerprint density at radius 1 is 0.714 bits per heavy atom. The van der Waals surface area contributed by atoms with Crippen LogP contribution in [0.4, 0.5) is 0 Å². The number of aliphatic hydroxyl groups excluding tert-OH is 1. The first kappa shape index (κ1) is 18.2. The zero-order chi connectivity index (χ0) is 15.4. The number of hydrogen-bond acceptors (Lipinski definition) is 3. The molecule has 0 aliphatic heterocycles. The molecule has 120 valence electrons. The fourth-order valence-corrected chi connectivity index (χ4v) is 3.78. The summed E-state index contributed by atoms with van der Waals surface area (Å²) in [5.74, 6) is 0.257. The van der Waals surface area contributed by atoms with Gasteiger partial charge >= 0.3 is 0 Å². The maximum atomic E-state index is 12.0.